The van der Waals surface area contributed by atoms with Gasteiger partial charge >= 0.3 is 0 Å². The van der Waals surface area contributed by atoms with E-state index in [-0.39, 0.29) is 24.8 Å². The number of rotatable bonds is 4. The molecule has 1 aliphatic heterocycles. The van der Waals surface area contributed by atoms with Crippen molar-refractivity contribution in [2.75, 3.05) is 6.79 Å². The van der Waals surface area contributed by atoms with Gasteiger partial charge in [0.2, 0.25) is 6.79 Å². The van der Waals surface area contributed by atoms with Gasteiger partial charge in [0.1, 0.15) is 0 Å². The minimum atomic E-state index is 0. The number of ether oxygens (including phenoxy) is 2. The monoisotopic (exact) mass is 314 g/mol. The maximum absolute atomic E-state index is 5.34. The smallest absolute Gasteiger partial charge is 0.231 e. The first-order chi connectivity index (χ1) is 8.92. The molecule has 20 heavy (non-hydrogen) atoms. The lowest BCUT2D eigenvalue weighted by molar-refractivity contribution is 0.174. The zero-order valence-electron chi connectivity index (χ0n) is 10.7. The molecule has 4 nitrogen and oxygen atoms in total. The molecule has 0 fully saturated rings. The fraction of sp³-hybridized carbons (Fsp3) is 0.214. The predicted molar refractivity (Wildman–Crippen MR) is 81.8 cm³/mol. The SMILES string of the molecule is Cl.Cl.c1cncc(CNCc2ccc3c(c2)OCO3)c1. The molecule has 1 N–H and O–H groups in total. The van der Waals surface area contributed by atoms with E-state index in [0.29, 0.717) is 6.79 Å². The van der Waals surface area contributed by atoms with E-state index >= 15 is 0 Å². The van der Waals surface area contributed by atoms with E-state index in [1.807, 2.05) is 30.5 Å². The molecule has 1 aliphatic rings. The van der Waals surface area contributed by atoms with Gasteiger partial charge < -0.3 is 14.8 Å². The quantitative estimate of drug-likeness (QED) is 0.942. The third-order valence-corrected chi connectivity index (χ3v) is 2.82. The fourth-order valence-electron chi connectivity index (χ4n) is 1.90. The maximum Gasteiger partial charge on any atom is 0.231 e. The van der Waals surface area contributed by atoms with E-state index in [4.69, 9.17) is 9.47 Å². The normalized spacial score (nSPS) is 11.4. The van der Waals surface area contributed by atoms with Crippen LogP contribution in [0.15, 0.2) is 42.7 Å². The molecule has 3 rings (SSSR count). The Kier molecular flexibility index (Phi) is 6.58. The minimum Gasteiger partial charge on any atom is -0.454 e. The van der Waals surface area contributed by atoms with Crippen LogP contribution in [0.25, 0.3) is 0 Å². The Bertz CT molecular complexity index is 538. The average molecular weight is 315 g/mol. The van der Waals surface area contributed by atoms with E-state index < -0.39 is 0 Å². The third-order valence-electron chi connectivity index (χ3n) is 2.82. The van der Waals surface area contributed by atoms with Crippen molar-refractivity contribution in [3.05, 3.63) is 53.9 Å². The van der Waals surface area contributed by atoms with E-state index in [1.165, 1.54) is 11.1 Å². The summed E-state index contributed by atoms with van der Waals surface area (Å²) >= 11 is 0. The fourth-order valence-corrected chi connectivity index (χ4v) is 1.90. The van der Waals surface area contributed by atoms with Crippen molar-refractivity contribution >= 4 is 24.8 Å². The standard InChI is InChI=1S/C14H14N2O2.2ClH/c1-2-12(8-15-5-1)9-16-7-11-3-4-13-14(6-11)18-10-17-13;;/h1-6,8,16H,7,9-10H2;2*1H. The van der Waals surface area contributed by atoms with Crippen LogP contribution in [0.5, 0.6) is 11.5 Å². The molecule has 0 atom stereocenters. The predicted octanol–water partition coefficient (Wildman–Crippen LogP) is 2.94. The van der Waals surface area contributed by atoms with Crippen LogP contribution >= 0.6 is 24.8 Å². The molecule has 0 spiro atoms. The summed E-state index contributed by atoms with van der Waals surface area (Å²) in [6.07, 6.45) is 3.65. The molecule has 6 heteroatoms. The molecule has 2 heterocycles. The van der Waals surface area contributed by atoms with Crippen molar-refractivity contribution in [3.63, 3.8) is 0 Å². The van der Waals surface area contributed by atoms with Crippen molar-refractivity contribution in [1.82, 2.24) is 10.3 Å². The van der Waals surface area contributed by atoms with E-state index in [2.05, 4.69) is 16.4 Å². The van der Waals surface area contributed by atoms with Crippen molar-refractivity contribution < 1.29 is 9.47 Å². The summed E-state index contributed by atoms with van der Waals surface area (Å²) in [5.41, 5.74) is 2.36. The van der Waals surface area contributed by atoms with Gasteiger partial charge in [0.25, 0.3) is 0 Å². The van der Waals surface area contributed by atoms with E-state index in [0.717, 1.165) is 24.6 Å². The highest BCUT2D eigenvalue weighted by Gasteiger charge is 2.12. The first-order valence-corrected chi connectivity index (χ1v) is 5.90. The number of halogens is 2. The zero-order valence-corrected chi connectivity index (χ0v) is 12.4. The highest BCUT2D eigenvalue weighted by atomic mass is 35.5. The lowest BCUT2D eigenvalue weighted by Gasteiger charge is -2.05. The molecule has 0 unspecified atom stereocenters. The summed E-state index contributed by atoms with van der Waals surface area (Å²) in [5.74, 6) is 1.65. The van der Waals surface area contributed by atoms with Crippen molar-refractivity contribution in [1.29, 1.82) is 0 Å². The van der Waals surface area contributed by atoms with Gasteiger partial charge in [0.15, 0.2) is 11.5 Å². The van der Waals surface area contributed by atoms with Crippen LogP contribution in [0.1, 0.15) is 11.1 Å². The van der Waals surface area contributed by atoms with Crippen LogP contribution in [0.3, 0.4) is 0 Å². The summed E-state index contributed by atoms with van der Waals surface area (Å²) in [6.45, 7) is 1.93. The van der Waals surface area contributed by atoms with Gasteiger partial charge in [-0.05, 0) is 29.3 Å². The first-order valence-electron chi connectivity index (χ1n) is 5.90. The molecule has 0 saturated carbocycles. The number of nitrogens with zero attached hydrogens (tertiary/aromatic N) is 1. The van der Waals surface area contributed by atoms with Crippen molar-refractivity contribution in [2.24, 2.45) is 0 Å². The number of fused-ring (bicyclic) bond motifs is 1. The molecular weight excluding hydrogens is 299 g/mol. The second-order valence-corrected chi connectivity index (χ2v) is 4.15. The highest BCUT2D eigenvalue weighted by Crippen LogP contribution is 2.32. The van der Waals surface area contributed by atoms with Crippen LogP contribution in [-0.4, -0.2) is 11.8 Å². The van der Waals surface area contributed by atoms with E-state index in [1.54, 1.807) is 6.20 Å². The van der Waals surface area contributed by atoms with Crippen LogP contribution in [0.2, 0.25) is 0 Å². The number of aromatic nitrogens is 1. The molecule has 1 aromatic heterocycles. The number of hydrogen-bond acceptors (Lipinski definition) is 4. The molecule has 1 aromatic carbocycles. The topological polar surface area (TPSA) is 43.4 Å². The van der Waals surface area contributed by atoms with Gasteiger partial charge in [-0.1, -0.05) is 12.1 Å². The summed E-state index contributed by atoms with van der Waals surface area (Å²) in [7, 11) is 0. The Morgan fingerprint density at radius 2 is 1.80 bits per heavy atom. The summed E-state index contributed by atoms with van der Waals surface area (Å²) in [4.78, 5) is 4.08. The maximum atomic E-state index is 5.34. The Balaban J connectivity index is 0.000001000. The summed E-state index contributed by atoms with van der Waals surface area (Å²) in [5, 5.41) is 3.37. The molecule has 2 aromatic rings. The lowest BCUT2D eigenvalue weighted by Crippen LogP contribution is -2.12. The summed E-state index contributed by atoms with van der Waals surface area (Å²) < 4.78 is 10.6. The molecule has 0 radical (unpaired) electrons. The van der Waals surface area contributed by atoms with Crippen molar-refractivity contribution in [3.8, 4) is 11.5 Å². The first kappa shape index (κ1) is 16.6. The zero-order chi connectivity index (χ0) is 12.2. The molecule has 108 valence electrons. The Labute approximate surface area is 130 Å². The largest absolute Gasteiger partial charge is 0.454 e. The van der Waals surface area contributed by atoms with Gasteiger partial charge in [-0.25, -0.2) is 0 Å². The van der Waals surface area contributed by atoms with Gasteiger partial charge in [-0.2, -0.15) is 0 Å². The van der Waals surface area contributed by atoms with E-state index in [9.17, 15) is 0 Å². The van der Waals surface area contributed by atoms with Crippen LogP contribution in [0, 0.1) is 0 Å². The number of nitrogens with one attached hydrogen (secondary N) is 1. The van der Waals surface area contributed by atoms with Gasteiger partial charge in [0.05, 0.1) is 0 Å². The molecular formula is C14H16Cl2N2O2. The minimum absolute atomic E-state index is 0. The van der Waals surface area contributed by atoms with Crippen LogP contribution in [0.4, 0.5) is 0 Å². The highest BCUT2D eigenvalue weighted by molar-refractivity contribution is 5.85. The van der Waals surface area contributed by atoms with Gasteiger partial charge in [-0.3, -0.25) is 4.98 Å². The molecule has 0 amide bonds. The Hall–Kier alpha value is -1.49. The average Bonchev–Trinajstić information content (AvgIpc) is 2.87. The molecule has 0 aliphatic carbocycles. The molecule has 0 bridgehead atoms. The second kappa shape index (κ2) is 7.94. The summed E-state index contributed by atoms with van der Waals surface area (Å²) in [6, 6.07) is 10.0. The van der Waals surface area contributed by atoms with Crippen molar-refractivity contribution in [2.45, 2.75) is 13.1 Å². The van der Waals surface area contributed by atoms with Crippen LogP contribution in [-0.2, 0) is 13.1 Å². The Morgan fingerprint density at radius 1 is 1.00 bits per heavy atom. The number of benzene rings is 1. The lowest BCUT2D eigenvalue weighted by atomic mass is 10.2. The van der Waals surface area contributed by atoms with Crippen LogP contribution < -0.4 is 14.8 Å². The number of hydrogen-bond donors (Lipinski definition) is 1. The second-order valence-electron chi connectivity index (χ2n) is 4.15. The van der Waals surface area contributed by atoms with Gasteiger partial charge in [-0.15, -0.1) is 24.8 Å². The third kappa shape index (κ3) is 4.00. The number of pyridine rings is 1. The molecule has 0 saturated heterocycles. The Morgan fingerprint density at radius 3 is 2.60 bits per heavy atom. The van der Waals surface area contributed by atoms with Gasteiger partial charge in [0, 0.05) is 25.5 Å².